The number of esters is 2. The third kappa shape index (κ3) is 4.31. The van der Waals surface area contributed by atoms with Crippen LogP contribution in [0.1, 0.15) is 5.69 Å². The van der Waals surface area contributed by atoms with Crippen LogP contribution in [0.3, 0.4) is 0 Å². The molecule has 0 saturated heterocycles. The standard InChI is InChI=1S/C32H27NO4P/c1-36-30(34)23-28(32(35)37-2)31-29(22-24-14-12-13-21-33(24)31)38(25-15-6-3-7-16-25,26-17-8-4-9-18-26)27-19-10-5-11-20-27/h3-23H,1-2H3/q+1/b28-23+. The highest BCUT2D eigenvalue weighted by molar-refractivity contribution is 8.01. The van der Waals surface area contributed by atoms with Crippen LogP contribution in [0.5, 0.6) is 0 Å². The van der Waals surface area contributed by atoms with Gasteiger partial charge in [0.1, 0.15) is 34.2 Å². The summed E-state index contributed by atoms with van der Waals surface area (Å²) in [7, 11) is 0.0149. The molecule has 0 unspecified atom stereocenters. The zero-order valence-corrected chi connectivity index (χ0v) is 22.0. The van der Waals surface area contributed by atoms with E-state index in [0.717, 1.165) is 26.7 Å². The Bertz CT molecular complexity index is 1510. The molecule has 5 rings (SSSR count). The van der Waals surface area contributed by atoms with Crippen LogP contribution in [0.4, 0.5) is 0 Å². The van der Waals surface area contributed by atoms with Crippen LogP contribution in [0.2, 0.25) is 0 Å². The SMILES string of the molecule is COC(=O)/C=C(/C(=O)OC)c1c([P+](c2ccccc2)(c2ccccc2)c2ccccc2)cc2ccccn12. The second-order valence-electron chi connectivity index (χ2n) is 8.62. The number of ether oxygens (including phenoxy) is 2. The number of rotatable bonds is 7. The van der Waals surface area contributed by atoms with Crippen molar-refractivity contribution in [2.75, 3.05) is 14.2 Å². The molecule has 0 aliphatic heterocycles. The first kappa shape index (κ1) is 25.2. The summed E-state index contributed by atoms with van der Waals surface area (Å²) in [5.41, 5.74) is 1.62. The highest BCUT2D eigenvalue weighted by Gasteiger charge is 2.51. The smallest absolute Gasteiger partial charge is 0.340 e. The predicted octanol–water partition coefficient (Wildman–Crippen LogP) is 4.29. The van der Waals surface area contributed by atoms with Gasteiger partial charge in [-0.3, -0.25) is 0 Å². The lowest BCUT2D eigenvalue weighted by molar-refractivity contribution is -0.136. The van der Waals surface area contributed by atoms with Crippen LogP contribution >= 0.6 is 7.26 Å². The van der Waals surface area contributed by atoms with Crippen LogP contribution in [0.25, 0.3) is 11.1 Å². The van der Waals surface area contributed by atoms with E-state index in [2.05, 4.69) is 42.5 Å². The van der Waals surface area contributed by atoms with E-state index in [9.17, 15) is 9.59 Å². The summed E-state index contributed by atoms with van der Waals surface area (Å²) < 4.78 is 12.1. The van der Waals surface area contributed by atoms with Crippen molar-refractivity contribution in [3.8, 4) is 0 Å². The van der Waals surface area contributed by atoms with E-state index in [-0.39, 0.29) is 5.57 Å². The molecule has 0 bridgehead atoms. The molecule has 188 valence electrons. The fourth-order valence-electron chi connectivity index (χ4n) is 4.96. The molecule has 3 aromatic carbocycles. The minimum atomic E-state index is -2.59. The molecular weight excluding hydrogens is 493 g/mol. The number of benzene rings is 3. The molecule has 38 heavy (non-hydrogen) atoms. The number of hydrogen-bond donors (Lipinski definition) is 0. The van der Waals surface area contributed by atoms with Crippen molar-refractivity contribution in [2.24, 2.45) is 0 Å². The van der Waals surface area contributed by atoms with Gasteiger partial charge in [0.15, 0.2) is 0 Å². The summed E-state index contributed by atoms with van der Waals surface area (Å²) >= 11 is 0. The van der Waals surface area contributed by atoms with E-state index in [4.69, 9.17) is 9.47 Å². The van der Waals surface area contributed by atoms with Crippen LogP contribution in [0, 0.1) is 0 Å². The van der Waals surface area contributed by atoms with E-state index in [1.807, 2.05) is 83.4 Å². The molecule has 0 N–H and O–H groups in total. The first-order chi connectivity index (χ1) is 18.6. The molecule has 5 aromatic rings. The van der Waals surface area contributed by atoms with Crippen molar-refractivity contribution in [3.05, 3.63) is 133 Å². The molecule has 0 aliphatic carbocycles. The minimum Gasteiger partial charge on any atom is -0.466 e. The van der Waals surface area contributed by atoms with Crippen molar-refractivity contribution >= 4 is 51.5 Å². The molecule has 0 aliphatic rings. The van der Waals surface area contributed by atoms with Gasteiger partial charge in [-0.2, -0.15) is 0 Å². The Morgan fingerprint density at radius 3 is 1.66 bits per heavy atom. The van der Waals surface area contributed by atoms with Crippen molar-refractivity contribution in [1.29, 1.82) is 0 Å². The number of fused-ring (bicyclic) bond motifs is 1. The van der Waals surface area contributed by atoms with E-state index in [1.165, 1.54) is 20.3 Å². The van der Waals surface area contributed by atoms with Crippen molar-refractivity contribution in [1.82, 2.24) is 4.40 Å². The topological polar surface area (TPSA) is 57.0 Å². The number of carbonyl (C=O) groups excluding carboxylic acids is 2. The molecule has 5 nitrogen and oxygen atoms in total. The van der Waals surface area contributed by atoms with Gasteiger partial charge in [0.2, 0.25) is 0 Å². The lowest BCUT2D eigenvalue weighted by Crippen LogP contribution is -2.39. The highest BCUT2D eigenvalue weighted by atomic mass is 31.2. The Kier molecular flexibility index (Phi) is 7.21. The van der Waals surface area contributed by atoms with Gasteiger partial charge in [0, 0.05) is 23.9 Å². The summed E-state index contributed by atoms with van der Waals surface area (Å²) in [6, 6.07) is 39.1. The quantitative estimate of drug-likeness (QED) is 0.183. The van der Waals surface area contributed by atoms with E-state index < -0.39 is 19.2 Å². The number of carbonyl (C=O) groups is 2. The van der Waals surface area contributed by atoms with Gasteiger partial charge < -0.3 is 13.9 Å². The van der Waals surface area contributed by atoms with Crippen LogP contribution in [-0.2, 0) is 19.1 Å². The average molecular weight is 521 g/mol. The van der Waals surface area contributed by atoms with Crippen molar-refractivity contribution in [3.63, 3.8) is 0 Å². The zero-order chi connectivity index (χ0) is 26.5. The number of nitrogens with zero attached hydrogens (tertiary/aromatic N) is 1. The maximum Gasteiger partial charge on any atom is 0.340 e. The molecule has 0 atom stereocenters. The normalized spacial score (nSPS) is 11.8. The molecule has 0 spiro atoms. The first-order valence-corrected chi connectivity index (χ1v) is 13.9. The Balaban J connectivity index is 2.02. The number of aromatic nitrogens is 1. The number of methoxy groups -OCH3 is 2. The summed E-state index contributed by atoms with van der Waals surface area (Å²) in [5.74, 6) is -1.25. The Hall–Kier alpha value is -4.47. The molecule has 6 heteroatoms. The predicted molar refractivity (Wildman–Crippen MR) is 154 cm³/mol. The first-order valence-electron chi connectivity index (χ1n) is 12.2. The largest absolute Gasteiger partial charge is 0.466 e. The summed E-state index contributed by atoms with van der Waals surface area (Å²) in [5, 5.41) is 4.30. The van der Waals surface area contributed by atoms with Crippen LogP contribution in [0.15, 0.2) is 128 Å². The summed E-state index contributed by atoms with van der Waals surface area (Å²) in [4.78, 5) is 25.8. The van der Waals surface area contributed by atoms with E-state index in [0.29, 0.717) is 5.69 Å². The Morgan fingerprint density at radius 2 is 1.18 bits per heavy atom. The Labute approximate surface area is 222 Å². The molecule has 0 fully saturated rings. The van der Waals surface area contributed by atoms with Gasteiger partial charge in [-0.25, -0.2) is 9.59 Å². The van der Waals surface area contributed by atoms with Crippen molar-refractivity contribution in [2.45, 2.75) is 0 Å². The van der Waals surface area contributed by atoms with E-state index >= 15 is 0 Å². The van der Waals surface area contributed by atoms with Gasteiger partial charge in [0.25, 0.3) is 0 Å². The average Bonchev–Trinajstić information content (AvgIpc) is 3.37. The molecule has 0 saturated carbocycles. The van der Waals surface area contributed by atoms with Gasteiger partial charge in [-0.15, -0.1) is 0 Å². The molecular formula is C32H27NO4P+. The molecule has 2 heterocycles. The second-order valence-corrected chi connectivity index (χ2v) is 12.0. The Morgan fingerprint density at radius 1 is 0.684 bits per heavy atom. The van der Waals surface area contributed by atoms with Crippen LogP contribution < -0.4 is 21.2 Å². The lowest BCUT2D eigenvalue weighted by atomic mass is 10.1. The zero-order valence-electron chi connectivity index (χ0n) is 21.2. The van der Waals surface area contributed by atoms with Gasteiger partial charge in [-0.05, 0) is 48.5 Å². The van der Waals surface area contributed by atoms with Gasteiger partial charge >= 0.3 is 11.9 Å². The maximum atomic E-state index is 13.3. The minimum absolute atomic E-state index is 0.132. The lowest BCUT2D eigenvalue weighted by Gasteiger charge is -2.28. The highest BCUT2D eigenvalue weighted by Crippen LogP contribution is 2.56. The van der Waals surface area contributed by atoms with Crippen LogP contribution in [-0.4, -0.2) is 30.6 Å². The van der Waals surface area contributed by atoms with Crippen molar-refractivity contribution < 1.29 is 19.1 Å². The fraction of sp³-hybridized carbons (Fsp3) is 0.0625. The molecule has 2 aromatic heterocycles. The summed E-state index contributed by atoms with van der Waals surface area (Å²) in [6.07, 6.45) is 3.12. The number of hydrogen-bond acceptors (Lipinski definition) is 4. The third-order valence-electron chi connectivity index (χ3n) is 6.58. The number of pyridine rings is 1. The molecule has 0 radical (unpaired) electrons. The molecule has 0 amide bonds. The maximum absolute atomic E-state index is 13.3. The monoisotopic (exact) mass is 520 g/mol. The summed E-state index contributed by atoms with van der Waals surface area (Å²) in [6.45, 7) is 0. The van der Waals surface area contributed by atoms with Gasteiger partial charge in [-0.1, -0.05) is 60.7 Å². The fourth-order valence-corrected chi connectivity index (χ4v) is 9.42. The second kappa shape index (κ2) is 10.9. The van der Waals surface area contributed by atoms with Gasteiger partial charge in [0.05, 0.1) is 19.8 Å². The third-order valence-corrected chi connectivity index (χ3v) is 10.9. The van der Waals surface area contributed by atoms with E-state index in [1.54, 1.807) is 0 Å².